The standard InChI is InChI=1S/C12H14ClNO2/c13-11-6-4-10(5-7-11)9-14-16-12-3-1-2-8-15-12/h4-7,9,12H,1-3,8H2/b14-9+. The van der Waals surface area contributed by atoms with Crippen molar-refractivity contribution >= 4 is 17.8 Å². The molecule has 1 saturated heterocycles. The van der Waals surface area contributed by atoms with Gasteiger partial charge < -0.3 is 9.57 Å². The maximum Gasteiger partial charge on any atom is 0.226 e. The van der Waals surface area contributed by atoms with E-state index in [0.717, 1.165) is 31.4 Å². The number of nitrogens with zero attached hydrogens (tertiary/aromatic N) is 1. The number of halogens is 1. The maximum atomic E-state index is 5.77. The van der Waals surface area contributed by atoms with E-state index < -0.39 is 0 Å². The zero-order valence-corrected chi connectivity index (χ0v) is 9.69. The fraction of sp³-hybridized carbons (Fsp3) is 0.417. The summed E-state index contributed by atoms with van der Waals surface area (Å²) in [7, 11) is 0. The van der Waals surface area contributed by atoms with Crippen molar-refractivity contribution in [3.63, 3.8) is 0 Å². The normalized spacial score (nSPS) is 21.2. The Hall–Kier alpha value is -1.06. The monoisotopic (exact) mass is 239 g/mol. The van der Waals surface area contributed by atoms with Gasteiger partial charge in [-0.3, -0.25) is 0 Å². The van der Waals surface area contributed by atoms with Crippen LogP contribution in [0.15, 0.2) is 29.4 Å². The Morgan fingerprint density at radius 3 is 2.81 bits per heavy atom. The molecule has 0 saturated carbocycles. The number of benzene rings is 1. The fourth-order valence-electron chi connectivity index (χ4n) is 1.50. The Morgan fingerprint density at radius 2 is 2.12 bits per heavy atom. The van der Waals surface area contributed by atoms with Gasteiger partial charge in [-0.05, 0) is 30.5 Å². The number of rotatable bonds is 3. The minimum atomic E-state index is -0.183. The predicted molar refractivity (Wildman–Crippen MR) is 63.7 cm³/mol. The van der Waals surface area contributed by atoms with Crippen LogP contribution < -0.4 is 0 Å². The first kappa shape index (κ1) is 11.4. The molecule has 1 aromatic rings. The van der Waals surface area contributed by atoms with Crippen LogP contribution in [-0.4, -0.2) is 19.1 Å². The molecule has 0 bridgehead atoms. The summed E-state index contributed by atoms with van der Waals surface area (Å²) >= 11 is 5.77. The third-order valence-electron chi connectivity index (χ3n) is 2.39. The zero-order valence-electron chi connectivity index (χ0n) is 8.93. The van der Waals surface area contributed by atoms with E-state index in [0.29, 0.717) is 5.02 Å². The predicted octanol–water partition coefficient (Wildman–Crippen LogP) is 3.22. The summed E-state index contributed by atoms with van der Waals surface area (Å²) in [5, 5.41) is 4.62. The third-order valence-corrected chi connectivity index (χ3v) is 2.64. The van der Waals surface area contributed by atoms with Gasteiger partial charge in [0.15, 0.2) is 0 Å². The van der Waals surface area contributed by atoms with Crippen molar-refractivity contribution in [1.82, 2.24) is 0 Å². The van der Waals surface area contributed by atoms with Crippen molar-refractivity contribution in [3.05, 3.63) is 34.9 Å². The van der Waals surface area contributed by atoms with Crippen molar-refractivity contribution in [3.8, 4) is 0 Å². The molecule has 0 amide bonds. The highest BCUT2D eigenvalue weighted by atomic mass is 35.5. The molecule has 1 unspecified atom stereocenters. The Kier molecular flexibility index (Phi) is 4.19. The van der Waals surface area contributed by atoms with Crippen LogP contribution in [0.5, 0.6) is 0 Å². The maximum absolute atomic E-state index is 5.77. The van der Waals surface area contributed by atoms with E-state index in [1.165, 1.54) is 0 Å². The molecule has 1 aliphatic heterocycles. The van der Waals surface area contributed by atoms with E-state index in [1.807, 2.05) is 24.3 Å². The minimum absolute atomic E-state index is 0.183. The number of hydrogen-bond donors (Lipinski definition) is 0. The molecule has 0 spiro atoms. The quantitative estimate of drug-likeness (QED) is 0.599. The van der Waals surface area contributed by atoms with Gasteiger partial charge in [-0.15, -0.1) is 0 Å². The van der Waals surface area contributed by atoms with Crippen molar-refractivity contribution in [2.45, 2.75) is 25.6 Å². The Balaban J connectivity index is 1.82. The summed E-state index contributed by atoms with van der Waals surface area (Å²) in [6.07, 6.45) is 4.64. The molecule has 1 fully saturated rings. The lowest BCUT2D eigenvalue weighted by Crippen LogP contribution is -2.20. The second kappa shape index (κ2) is 5.87. The van der Waals surface area contributed by atoms with Gasteiger partial charge in [0.05, 0.1) is 12.8 Å². The average molecular weight is 240 g/mol. The lowest BCUT2D eigenvalue weighted by atomic mass is 10.2. The largest absolute Gasteiger partial charge is 0.364 e. The van der Waals surface area contributed by atoms with Crippen molar-refractivity contribution in [1.29, 1.82) is 0 Å². The van der Waals surface area contributed by atoms with Crippen molar-refractivity contribution < 1.29 is 9.57 Å². The molecule has 0 aromatic heterocycles. The Labute approximate surface area is 100.0 Å². The van der Waals surface area contributed by atoms with Gasteiger partial charge in [-0.2, -0.15) is 0 Å². The van der Waals surface area contributed by atoms with Crippen LogP contribution in [-0.2, 0) is 9.57 Å². The van der Waals surface area contributed by atoms with Gasteiger partial charge in [0.2, 0.25) is 6.29 Å². The molecular weight excluding hydrogens is 226 g/mol. The molecule has 86 valence electrons. The molecule has 16 heavy (non-hydrogen) atoms. The second-order valence-corrected chi connectivity index (χ2v) is 4.12. The van der Waals surface area contributed by atoms with Gasteiger partial charge in [0.1, 0.15) is 0 Å². The van der Waals surface area contributed by atoms with Crippen LogP contribution in [0.2, 0.25) is 5.02 Å². The first-order chi connectivity index (χ1) is 7.84. The van der Waals surface area contributed by atoms with Crippen molar-refractivity contribution in [2.24, 2.45) is 5.16 Å². The summed E-state index contributed by atoms with van der Waals surface area (Å²) in [5.41, 5.74) is 0.959. The summed E-state index contributed by atoms with van der Waals surface area (Å²) in [4.78, 5) is 5.23. The topological polar surface area (TPSA) is 30.8 Å². The van der Waals surface area contributed by atoms with E-state index in [-0.39, 0.29) is 6.29 Å². The summed E-state index contributed by atoms with van der Waals surface area (Å²) in [6, 6.07) is 7.41. The molecule has 1 aromatic carbocycles. The fourth-order valence-corrected chi connectivity index (χ4v) is 1.63. The lowest BCUT2D eigenvalue weighted by molar-refractivity contribution is -0.161. The van der Waals surface area contributed by atoms with E-state index in [1.54, 1.807) is 6.21 Å². The Bertz CT molecular complexity index is 345. The summed E-state index contributed by atoms with van der Waals surface area (Å²) in [6.45, 7) is 0.765. The number of oxime groups is 1. The molecule has 3 nitrogen and oxygen atoms in total. The van der Waals surface area contributed by atoms with E-state index >= 15 is 0 Å². The van der Waals surface area contributed by atoms with Crippen LogP contribution in [0.1, 0.15) is 24.8 Å². The molecule has 0 N–H and O–H groups in total. The molecule has 1 heterocycles. The van der Waals surface area contributed by atoms with Gasteiger partial charge in [-0.25, -0.2) is 0 Å². The molecule has 0 aliphatic carbocycles. The second-order valence-electron chi connectivity index (χ2n) is 3.69. The number of ether oxygens (including phenoxy) is 1. The molecule has 1 aliphatic rings. The summed E-state index contributed by atoms with van der Waals surface area (Å²) < 4.78 is 5.38. The molecular formula is C12H14ClNO2. The molecule has 4 heteroatoms. The van der Waals surface area contributed by atoms with E-state index in [9.17, 15) is 0 Å². The van der Waals surface area contributed by atoms with Gasteiger partial charge in [-0.1, -0.05) is 28.9 Å². The average Bonchev–Trinajstić information content (AvgIpc) is 2.33. The minimum Gasteiger partial charge on any atom is -0.364 e. The van der Waals surface area contributed by atoms with Crippen LogP contribution >= 0.6 is 11.6 Å². The first-order valence-corrected chi connectivity index (χ1v) is 5.79. The Morgan fingerprint density at radius 1 is 1.31 bits per heavy atom. The highest BCUT2D eigenvalue weighted by Crippen LogP contribution is 2.14. The number of hydrogen-bond acceptors (Lipinski definition) is 3. The molecule has 1 atom stereocenters. The van der Waals surface area contributed by atoms with Gasteiger partial charge >= 0.3 is 0 Å². The molecule has 2 rings (SSSR count). The van der Waals surface area contributed by atoms with E-state index in [4.69, 9.17) is 21.2 Å². The van der Waals surface area contributed by atoms with Crippen LogP contribution in [0.4, 0.5) is 0 Å². The van der Waals surface area contributed by atoms with E-state index in [2.05, 4.69) is 5.16 Å². The smallest absolute Gasteiger partial charge is 0.226 e. The highest BCUT2D eigenvalue weighted by Gasteiger charge is 2.13. The van der Waals surface area contributed by atoms with Crippen LogP contribution in [0.25, 0.3) is 0 Å². The molecule has 0 radical (unpaired) electrons. The van der Waals surface area contributed by atoms with Crippen LogP contribution in [0, 0.1) is 0 Å². The van der Waals surface area contributed by atoms with Crippen molar-refractivity contribution in [2.75, 3.05) is 6.61 Å². The SMILES string of the molecule is Clc1ccc(/C=N/OC2CCCCO2)cc1. The van der Waals surface area contributed by atoms with Gasteiger partial charge in [0.25, 0.3) is 0 Å². The third kappa shape index (κ3) is 3.51. The lowest BCUT2D eigenvalue weighted by Gasteiger charge is -2.19. The highest BCUT2D eigenvalue weighted by molar-refractivity contribution is 6.30. The zero-order chi connectivity index (χ0) is 11.2. The van der Waals surface area contributed by atoms with Crippen LogP contribution in [0.3, 0.4) is 0 Å². The van der Waals surface area contributed by atoms with Gasteiger partial charge in [0, 0.05) is 11.4 Å². The first-order valence-electron chi connectivity index (χ1n) is 5.41. The summed E-state index contributed by atoms with van der Waals surface area (Å²) in [5.74, 6) is 0.